The topological polar surface area (TPSA) is 37.8 Å². The van der Waals surface area contributed by atoms with E-state index < -0.39 is 0 Å². The Morgan fingerprint density at radius 3 is 3.07 bits per heavy atom. The fourth-order valence-corrected chi connectivity index (χ4v) is 2.38. The lowest BCUT2D eigenvalue weighted by Crippen LogP contribution is -2.16. The summed E-state index contributed by atoms with van der Waals surface area (Å²) in [4.78, 5) is 12.8. The number of thiophene rings is 1. The second-order valence-electron chi connectivity index (χ2n) is 4.04. The van der Waals surface area contributed by atoms with E-state index in [0.717, 1.165) is 23.0 Å². The van der Waals surface area contributed by atoms with Crippen LogP contribution < -0.4 is 5.56 Å². The van der Waals surface area contributed by atoms with Gasteiger partial charge >= 0.3 is 0 Å². The molecule has 2 aromatic heterocycles. The molecule has 3 nitrogen and oxygen atoms in total. The molecule has 1 aliphatic rings. The zero-order valence-electron chi connectivity index (χ0n) is 8.27. The van der Waals surface area contributed by atoms with Crippen molar-refractivity contribution in [3.05, 3.63) is 33.9 Å². The predicted molar refractivity (Wildman–Crippen MR) is 61.1 cm³/mol. The van der Waals surface area contributed by atoms with Crippen molar-refractivity contribution in [3.63, 3.8) is 0 Å². The SMILES string of the molecule is O=c1cc(-c2cccs2)[nH]n1CC1CC1. The highest BCUT2D eigenvalue weighted by molar-refractivity contribution is 7.13. The molecule has 1 N–H and O–H groups in total. The van der Waals surface area contributed by atoms with Crippen molar-refractivity contribution < 1.29 is 0 Å². The lowest BCUT2D eigenvalue weighted by molar-refractivity contribution is 0.549. The lowest BCUT2D eigenvalue weighted by atomic mass is 10.3. The van der Waals surface area contributed by atoms with Crippen LogP contribution in [-0.4, -0.2) is 9.78 Å². The number of rotatable bonds is 3. The van der Waals surface area contributed by atoms with Gasteiger partial charge in [0.2, 0.25) is 0 Å². The highest BCUT2D eigenvalue weighted by atomic mass is 32.1. The summed E-state index contributed by atoms with van der Waals surface area (Å²) in [5.74, 6) is 0.720. The molecule has 0 unspecified atom stereocenters. The summed E-state index contributed by atoms with van der Waals surface area (Å²) in [6, 6.07) is 5.71. The number of aromatic amines is 1. The van der Waals surface area contributed by atoms with E-state index in [1.54, 1.807) is 22.1 Å². The zero-order chi connectivity index (χ0) is 10.3. The molecule has 15 heavy (non-hydrogen) atoms. The molecule has 0 saturated heterocycles. The maximum absolute atomic E-state index is 11.6. The highest BCUT2D eigenvalue weighted by Crippen LogP contribution is 2.30. The van der Waals surface area contributed by atoms with Gasteiger partial charge in [-0.1, -0.05) is 6.07 Å². The first-order chi connectivity index (χ1) is 7.33. The fourth-order valence-electron chi connectivity index (χ4n) is 1.69. The fraction of sp³-hybridized carbons (Fsp3) is 0.364. The second kappa shape index (κ2) is 3.38. The lowest BCUT2D eigenvalue weighted by Gasteiger charge is -1.98. The summed E-state index contributed by atoms with van der Waals surface area (Å²) in [6.07, 6.45) is 2.53. The summed E-state index contributed by atoms with van der Waals surface area (Å²) in [7, 11) is 0. The van der Waals surface area contributed by atoms with Crippen LogP contribution in [-0.2, 0) is 6.54 Å². The van der Waals surface area contributed by atoms with E-state index in [1.807, 2.05) is 17.5 Å². The molecule has 0 atom stereocenters. The first-order valence-electron chi connectivity index (χ1n) is 5.16. The van der Waals surface area contributed by atoms with Crippen LogP contribution in [0.4, 0.5) is 0 Å². The molecule has 1 saturated carbocycles. The van der Waals surface area contributed by atoms with Gasteiger partial charge in [0.15, 0.2) is 0 Å². The maximum Gasteiger partial charge on any atom is 0.267 e. The number of nitrogens with one attached hydrogen (secondary N) is 1. The molecule has 0 radical (unpaired) electrons. The third kappa shape index (κ3) is 1.77. The van der Waals surface area contributed by atoms with Gasteiger partial charge in [0.25, 0.3) is 5.56 Å². The molecule has 3 rings (SSSR count). The molecule has 0 spiro atoms. The molecule has 78 valence electrons. The van der Waals surface area contributed by atoms with E-state index in [1.165, 1.54) is 12.8 Å². The van der Waals surface area contributed by atoms with E-state index in [-0.39, 0.29) is 5.56 Å². The van der Waals surface area contributed by atoms with Gasteiger partial charge in [-0.05, 0) is 30.2 Å². The molecular formula is C11H12N2OS. The molecule has 2 heterocycles. The predicted octanol–water partition coefficient (Wildman–Crippen LogP) is 2.31. The molecule has 2 aromatic rings. The Labute approximate surface area is 91.4 Å². The van der Waals surface area contributed by atoms with E-state index >= 15 is 0 Å². The van der Waals surface area contributed by atoms with Crippen LogP contribution in [0.15, 0.2) is 28.4 Å². The van der Waals surface area contributed by atoms with E-state index in [0.29, 0.717) is 0 Å². The minimum absolute atomic E-state index is 0.0882. The van der Waals surface area contributed by atoms with Gasteiger partial charge in [0, 0.05) is 12.6 Å². The van der Waals surface area contributed by atoms with Crippen LogP contribution >= 0.6 is 11.3 Å². The average Bonchev–Trinajstić information content (AvgIpc) is 2.76. The Bertz CT molecular complexity index is 505. The Kier molecular flexibility index (Phi) is 2.02. The third-order valence-electron chi connectivity index (χ3n) is 2.71. The minimum Gasteiger partial charge on any atom is -0.294 e. The summed E-state index contributed by atoms with van der Waals surface area (Å²) in [6.45, 7) is 0.851. The first kappa shape index (κ1) is 8.97. The number of nitrogens with zero attached hydrogens (tertiary/aromatic N) is 1. The largest absolute Gasteiger partial charge is 0.294 e. The van der Waals surface area contributed by atoms with Crippen molar-refractivity contribution in [1.29, 1.82) is 0 Å². The summed E-state index contributed by atoms with van der Waals surface area (Å²) in [5.41, 5.74) is 1.03. The van der Waals surface area contributed by atoms with Gasteiger partial charge in [0.1, 0.15) is 0 Å². The van der Waals surface area contributed by atoms with Crippen LogP contribution in [0.25, 0.3) is 10.6 Å². The van der Waals surface area contributed by atoms with Crippen LogP contribution in [0.5, 0.6) is 0 Å². The van der Waals surface area contributed by atoms with Crippen molar-refractivity contribution in [2.45, 2.75) is 19.4 Å². The molecule has 0 amide bonds. The van der Waals surface area contributed by atoms with Gasteiger partial charge in [-0.25, -0.2) is 0 Å². The highest BCUT2D eigenvalue weighted by Gasteiger charge is 2.22. The normalized spacial score (nSPS) is 15.7. The van der Waals surface area contributed by atoms with Crippen molar-refractivity contribution >= 4 is 11.3 Å². The number of hydrogen-bond donors (Lipinski definition) is 1. The molecule has 0 aliphatic heterocycles. The van der Waals surface area contributed by atoms with Gasteiger partial charge in [-0.2, -0.15) is 0 Å². The maximum atomic E-state index is 11.6. The quantitative estimate of drug-likeness (QED) is 0.847. The van der Waals surface area contributed by atoms with Gasteiger partial charge in [-0.3, -0.25) is 14.6 Å². The van der Waals surface area contributed by atoms with Crippen LogP contribution in [0.2, 0.25) is 0 Å². The molecule has 0 bridgehead atoms. The smallest absolute Gasteiger partial charge is 0.267 e. The van der Waals surface area contributed by atoms with Crippen molar-refractivity contribution in [3.8, 4) is 10.6 Å². The van der Waals surface area contributed by atoms with Crippen LogP contribution in [0, 0.1) is 5.92 Å². The average molecular weight is 220 g/mol. The number of H-pyrrole nitrogens is 1. The first-order valence-corrected chi connectivity index (χ1v) is 6.04. The van der Waals surface area contributed by atoms with Crippen molar-refractivity contribution in [2.75, 3.05) is 0 Å². The van der Waals surface area contributed by atoms with Crippen LogP contribution in [0.3, 0.4) is 0 Å². The Morgan fingerprint density at radius 2 is 2.40 bits per heavy atom. The molecule has 1 fully saturated rings. The summed E-state index contributed by atoms with van der Waals surface area (Å²) in [5, 5.41) is 5.19. The number of hydrogen-bond acceptors (Lipinski definition) is 2. The number of aromatic nitrogens is 2. The van der Waals surface area contributed by atoms with Gasteiger partial charge in [-0.15, -0.1) is 11.3 Å². The Morgan fingerprint density at radius 1 is 1.53 bits per heavy atom. The summed E-state index contributed by atoms with van der Waals surface area (Å²) >= 11 is 1.65. The minimum atomic E-state index is 0.0882. The van der Waals surface area contributed by atoms with Crippen molar-refractivity contribution in [1.82, 2.24) is 9.78 Å². The monoisotopic (exact) mass is 220 g/mol. The van der Waals surface area contributed by atoms with Gasteiger partial charge < -0.3 is 0 Å². The molecule has 0 aromatic carbocycles. The molecular weight excluding hydrogens is 208 g/mol. The second-order valence-corrected chi connectivity index (χ2v) is 4.99. The Balaban J connectivity index is 1.93. The standard InChI is InChI=1S/C11H12N2OS/c14-11-6-9(10-2-1-5-15-10)12-13(11)7-8-3-4-8/h1-2,5-6,8,12H,3-4,7H2. The van der Waals surface area contributed by atoms with Crippen molar-refractivity contribution in [2.24, 2.45) is 5.92 Å². The van der Waals surface area contributed by atoms with Gasteiger partial charge in [0.05, 0.1) is 10.6 Å². The Hall–Kier alpha value is -1.29. The molecule has 4 heteroatoms. The zero-order valence-corrected chi connectivity index (χ0v) is 9.09. The molecule has 1 aliphatic carbocycles. The summed E-state index contributed by atoms with van der Waals surface area (Å²) < 4.78 is 1.73. The van der Waals surface area contributed by atoms with E-state index in [9.17, 15) is 4.79 Å². The van der Waals surface area contributed by atoms with Crippen LogP contribution in [0.1, 0.15) is 12.8 Å². The van der Waals surface area contributed by atoms with E-state index in [4.69, 9.17) is 0 Å². The van der Waals surface area contributed by atoms with E-state index in [2.05, 4.69) is 5.10 Å². The third-order valence-corrected chi connectivity index (χ3v) is 3.62.